The summed E-state index contributed by atoms with van der Waals surface area (Å²) in [6, 6.07) is 4.74. The van der Waals surface area contributed by atoms with Crippen molar-refractivity contribution in [2.24, 2.45) is 0 Å². The van der Waals surface area contributed by atoms with E-state index in [1.807, 2.05) is 16.7 Å². The first-order valence-electron chi connectivity index (χ1n) is 8.41. The molecule has 0 aliphatic carbocycles. The normalized spacial score (nSPS) is 19.4. The summed E-state index contributed by atoms with van der Waals surface area (Å²) in [6.07, 6.45) is 8.45. The van der Waals surface area contributed by atoms with Crippen molar-refractivity contribution in [3.8, 4) is 0 Å². The average molecular weight is 315 g/mol. The molecule has 0 saturated carbocycles. The van der Waals surface area contributed by atoms with Crippen LogP contribution in [0.25, 0.3) is 5.52 Å². The van der Waals surface area contributed by atoms with Crippen molar-refractivity contribution in [3.63, 3.8) is 0 Å². The molecular formula is C18H25N3O2. The fourth-order valence-electron chi connectivity index (χ4n) is 3.64. The van der Waals surface area contributed by atoms with Gasteiger partial charge in [0, 0.05) is 24.7 Å². The lowest BCUT2D eigenvalue weighted by Crippen LogP contribution is -2.45. The Bertz CT molecular complexity index is 693. The van der Waals surface area contributed by atoms with E-state index in [0.29, 0.717) is 17.6 Å². The number of nitrogens with zero attached hydrogens (tertiary/aromatic N) is 3. The van der Waals surface area contributed by atoms with Gasteiger partial charge in [-0.2, -0.15) is 0 Å². The maximum Gasteiger partial charge on any atom is 0.340 e. The van der Waals surface area contributed by atoms with Crippen LogP contribution in [0.2, 0.25) is 0 Å². The summed E-state index contributed by atoms with van der Waals surface area (Å²) in [4.78, 5) is 19.1. The molecule has 0 N–H and O–H groups in total. The van der Waals surface area contributed by atoms with Crippen LogP contribution in [0.4, 0.5) is 0 Å². The molecule has 0 radical (unpaired) electrons. The number of carbonyl (C=O) groups excluding carboxylic acids is 1. The molecule has 1 unspecified atom stereocenters. The molecule has 1 fully saturated rings. The van der Waals surface area contributed by atoms with Crippen molar-refractivity contribution in [3.05, 3.63) is 35.9 Å². The maximum absolute atomic E-state index is 11.9. The van der Waals surface area contributed by atoms with Gasteiger partial charge in [0.15, 0.2) is 0 Å². The molecule has 1 saturated heterocycles. The van der Waals surface area contributed by atoms with Crippen molar-refractivity contribution < 1.29 is 9.53 Å². The number of imidazole rings is 1. The minimum atomic E-state index is -0.316. The monoisotopic (exact) mass is 315 g/mol. The van der Waals surface area contributed by atoms with Gasteiger partial charge in [0.1, 0.15) is 5.82 Å². The molecule has 124 valence electrons. The molecule has 0 aromatic carbocycles. The Balaban J connectivity index is 1.90. The largest absolute Gasteiger partial charge is 0.465 e. The Labute approximate surface area is 137 Å². The number of ether oxygens (including phenoxy) is 1. The summed E-state index contributed by atoms with van der Waals surface area (Å²) in [6.45, 7) is 5.69. The molecule has 5 nitrogen and oxygen atoms in total. The number of methoxy groups -OCH3 is 1. The maximum atomic E-state index is 11.9. The van der Waals surface area contributed by atoms with Gasteiger partial charge in [-0.3, -0.25) is 4.90 Å². The zero-order valence-corrected chi connectivity index (χ0v) is 14.2. The number of piperidine rings is 1. The van der Waals surface area contributed by atoms with E-state index in [1.54, 1.807) is 12.3 Å². The van der Waals surface area contributed by atoms with E-state index in [-0.39, 0.29) is 5.97 Å². The zero-order valence-electron chi connectivity index (χ0n) is 14.2. The molecule has 1 aliphatic rings. The van der Waals surface area contributed by atoms with Crippen molar-refractivity contribution >= 4 is 11.5 Å². The highest BCUT2D eigenvalue weighted by atomic mass is 16.5. The highest BCUT2D eigenvalue weighted by Gasteiger charge is 2.26. The molecule has 3 rings (SSSR count). The van der Waals surface area contributed by atoms with Crippen LogP contribution in [0, 0.1) is 0 Å². The first-order valence-corrected chi connectivity index (χ1v) is 8.41. The molecule has 23 heavy (non-hydrogen) atoms. The highest BCUT2D eigenvalue weighted by Crippen LogP contribution is 2.23. The third-order valence-corrected chi connectivity index (χ3v) is 4.81. The molecule has 5 heteroatoms. The zero-order chi connectivity index (χ0) is 16.4. The van der Waals surface area contributed by atoms with E-state index in [0.717, 1.165) is 17.8 Å². The quantitative estimate of drug-likeness (QED) is 0.814. The minimum Gasteiger partial charge on any atom is -0.465 e. The third kappa shape index (κ3) is 3.11. The number of likely N-dealkylation sites (tertiary alicyclic amines) is 1. The standard InChI is InChI=1S/C18H25N3O2/c1-13(2)20-9-5-4-7-14(20)11-17-19-12-16-15(18(22)23-3)8-6-10-21(16)17/h6,8,10,12-14H,4-5,7,9,11H2,1-3H3. The van der Waals surface area contributed by atoms with E-state index >= 15 is 0 Å². The number of pyridine rings is 1. The lowest BCUT2D eigenvalue weighted by Gasteiger charge is -2.38. The van der Waals surface area contributed by atoms with Gasteiger partial charge in [0.05, 0.1) is 24.4 Å². The predicted molar refractivity (Wildman–Crippen MR) is 89.7 cm³/mol. The van der Waals surface area contributed by atoms with E-state index in [2.05, 4.69) is 23.7 Å². The number of hydrogen-bond acceptors (Lipinski definition) is 4. The van der Waals surface area contributed by atoms with Gasteiger partial charge in [-0.1, -0.05) is 6.42 Å². The first kappa shape index (κ1) is 16.0. The lowest BCUT2D eigenvalue weighted by atomic mass is 9.97. The van der Waals surface area contributed by atoms with Crippen molar-refractivity contribution in [1.29, 1.82) is 0 Å². The summed E-state index contributed by atoms with van der Waals surface area (Å²) in [5.41, 5.74) is 1.39. The summed E-state index contributed by atoms with van der Waals surface area (Å²) in [5, 5.41) is 0. The van der Waals surface area contributed by atoms with Crippen molar-refractivity contribution in [2.45, 2.75) is 51.6 Å². The Morgan fingerprint density at radius 1 is 1.43 bits per heavy atom. The van der Waals surface area contributed by atoms with E-state index in [9.17, 15) is 4.79 Å². The number of fused-ring (bicyclic) bond motifs is 1. The molecule has 1 aliphatic heterocycles. The second-order valence-electron chi connectivity index (χ2n) is 6.53. The highest BCUT2D eigenvalue weighted by molar-refractivity contribution is 5.96. The fourth-order valence-corrected chi connectivity index (χ4v) is 3.64. The molecule has 0 spiro atoms. The van der Waals surface area contributed by atoms with Crippen molar-refractivity contribution in [2.75, 3.05) is 13.7 Å². The fraction of sp³-hybridized carbons (Fsp3) is 0.556. The topological polar surface area (TPSA) is 46.8 Å². The summed E-state index contributed by atoms with van der Waals surface area (Å²) < 4.78 is 6.89. The van der Waals surface area contributed by atoms with Gasteiger partial charge in [-0.15, -0.1) is 0 Å². The van der Waals surface area contributed by atoms with E-state index in [4.69, 9.17) is 4.74 Å². The Kier molecular flexibility index (Phi) is 4.66. The SMILES string of the molecule is COC(=O)c1cccn2c(CC3CCCCN3C(C)C)ncc12. The number of hydrogen-bond donors (Lipinski definition) is 0. The number of aromatic nitrogens is 2. The second-order valence-corrected chi connectivity index (χ2v) is 6.53. The van der Waals surface area contributed by atoms with Gasteiger partial charge in [-0.05, 0) is 45.4 Å². The Hall–Kier alpha value is -1.88. The van der Waals surface area contributed by atoms with Gasteiger partial charge in [0.25, 0.3) is 0 Å². The molecule has 1 atom stereocenters. The average Bonchev–Trinajstić information content (AvgIpc) is 2.97. The van der Waals surface area contributed by atoms with Gasteiger partial charge in [-0.25, -0.2) is 9.78 Å². The second kappa shape index (κ2) is 6.71. The minimum absolute atomic E-state index is 0.316. The van der Waals surface area contributed by atoms with Crippen LogP contribution >= 0.6 is 0 Å². The van der Waals surface area contributed by atoms with Gasteiger partial charge >= 0.3 is 5.97 Å². The van der Waals surface area contributed by atoms with Gasteiger partial charge < -0.3 is 9.14 Å². The van der Waals surface area contributed by atoms with Crippen LogP contribution in [0.5, 0.6) is 0 Å². The van der Waals surface area contributed by atoms with E-state index in [1.165, 1.54) is 32.9 Å². The third-order valence-electron chi connectivity index (χ3n) is 4.81. The number of rotatable bonds is 4. The van der Waals surface area contributed by atoms with Crippen LogP contribution in [0.1, 0.15) is 49.3 Å². The number of esters is 1. The molecular weight excluding hydrogens is 290 g/mol. The van der Waals surface area contributed by atoms with Crippen LogP contribution in [-0.4, -0.2) is 46.0 Å². The molecule has 3 heterocycles. The van der Waals surface area contributed by atoms with Crippen LogP contribution in [-0.2, 0) is 11.2 Å². The Morgan fingerprint density at radius 3 is 3.00 bits per heavy atom. The number of carbonyl (C=O) groups is 1. The van der Waals surface area contributed by atoms with Crippen LogP contribution < -0.4 is 0 Å². The summed E-state index contributed by atoms with van der Waals surface area (Å²) in [5.74, 6) is 0.701. The molecule has 2 aromatic rings. The lowest BCUT2D eigenvalue weighted by molar-refractivity contribution is 0.0602. The van der Waals surface area contributed by atoms with E-state index < -0.39 is 0 Å². The van der Waals surface area contributed by atoms with Crippen molar-refractivity contribution in [1.82, 2.24) is 14.3 Å². The van der Waals surface area contributed by atoms with Crippen LogP contribution in [0.3, 0.4) is 0 Å². The summed E-state index contributed by atoms with van der Waals surface area (Å²) >= 11 is 0. The van der Waals surface area contributed by atoms with Gasteiger partial charge in [0.2, 0.25) is 0 Å². The molecule has 0 amide bonds. The smallest absolute Gasteiger partial charge is 0.340 e. The van der Waals surface area contributed by atoms with Crippen LogP contribution in [0.15, 0.2) is 24.5 Å². The molecule has 2 aromatic heterocycles. The first-order chi connectivity index (χ1) is 11.1. The summed E-state index contributed by atoms with van der Waals surface area (Å²) in [7, 11) is 1.41. The Morgan fingerprint density at radius 2 is 2.26 bits per heavy atom. The predicted octanol–water partition coefficient (Wildman–Crippen LogP) is 2.93. The molecule has 0 bridgehead atoms.